The Morgan fingerprint density at radius 2 is 1.94 bits per heavy atom. The van der Waals surface area contributed by atoms with E-state index >= 15 is 0 Å². The molecule has 0 aliphatic carbocycles. The third kappa shape index (κ3) is 6.48. The smallest absolute Gasteiger partial charge is 0.385 e. The molecule has 0 aliphatic rings. The SMILES string of the molecule is COCCC(N)C(=O)N(CC(F)(F)F)C(C)C. The van der Waals surface area contributed by atoms with Gasteiger partial charge < -0.3 is 15.4 Å². The lowest BCUT2D eigenvalue weighted by Gasteiger charge is -2.30. The maximum absolute atomic E-state index is 12.3. The van der Waals surface area contributed by atoms with Crippen LogP contribution in [0, 0.1) is 0 Å². The van der Waals surface area contributed by atoms with Crippen LogP contribution in [0.15, 0.2) is 0 Å². The summed E-state index contributed by atoms with van der Waals surface area (Å²) in [6, 6.07) is -1.50. The molecule has 1 atom stereocenters. The van der Waals surface area contributed by atoms with Crippen LogP contribution in [-0.2, 0) is 9.53 Å². The number of nitrogens with zero attached hydrogens (tertiary/aromatic N) is 1. The van der Waals surface area contributed by atoms with Gasteiger partial charge in [0.05, 0.1) is 6.04 Å². The minimum absolute atomic E-state index is 0.205. The zero-order valence-corrected chi connectivity index (χ0v) is 10.3. The first-order valence-corrected chi connectivity index (χ1v) is 5.30. The monoisotopic (exact) mass is 256 g/mol. The van der Waals surface area contributed by atoms with Gasteiger partial charge in [-0.15, -0.1) is 0 Å². The van der Waals surface area contributed by atoms with E-state index in [9.17, 15) is 18.0 Å². The molecule has 4 nitrogen and oxygen atoms in total. The minimum Gasteiger partial charge on any atom is -0.385 e. The number of nitrogens with two attached hydrogens (primary N) is 1. The normalized spacial score (nSPS) is 13.9. The molecule has 0 aromatic heterocycles. The molecule has 1 unspecified atom stereocenters. The molecule has 2 N–H and O–H groups in total. The van der Waals surface area contributed by atoms with Crippen LogP contribution in [0.25, 0.3) is 0 Å². The summed E-state index contributed by atoms with van der Waals surface area (Å²) in [5.74, 6) is -0.700. The zero-order chi connectivity index (χ0) is 13.6. The Morgan fingerprint density at radius 1 is 1.41 bits per heavy atom. The lowest BCUT2D eigenvalue weighted by atomic mass is 10.1. The molecule has 0 fully saturated rings. The number of hydrogen-bond donors (Lipinski definition) is 1. The third-order valence-electron chi connectivity index (χ3n) is 2.21. The maximum atomic E-state index is 12.3. The highest BCUT2D eigenvalue weighted by molar-refractivity contribution is 5.81. The van der Waals surface area contributed by atoms with Crippen molar-refractivity contribution in [1.82, 2.24) is 4.90 Å². The van der Waals surface area contributed by atoms with Gasteiger partial charge in [0.25, 0.3) is 0 Å². The van der Waals surface area contributed by atoms with Crippen molar-refractivity contribution in [1.29, 1.82) is 0 Å². The van der Waals surface area contributed by atoms with Gasteiger partial charge in [-0.1, -0.05) is 0 Å². The Balaban J connectivity index is 4.54. The van der Waals surface area contributed by atoms with Crippen molar-refractivity contribution in [3.8, 4) is 0 Å². The average molecular weight is 256 g/mol. The molecule has 1 amide bonds. The minimum atomic E-state index is -4.42. The first kappa shape index (κ1) is 16.2. The van der Waals surface area contributed by atoms with Crippen molar-refractivity contribution >= 4 is 5.91 Å². The average Bonchev–Trinajstić information content (AvgIpc) is 2.19. The number of rotatable bonds is 6. The van der Waals surface area contributed by atoms with Gasteiger partial charge in [-0.2, -0.15) is 13.2 Å². The van der Waals surface area contributed by atoms with Crippen molar-refractivity contribution in [3.05, 3.63) is 0 Å². The predicted octanol–water partition coefficient (Wildman–Crippen LogP) is 1.15. The summed E-state index contributed by atoms with van der Waals surface area (Å²) in [4.78, 5) is 12.5. The van der Waals surface area contributed by atoms with E-state index < -0.39 is 30.7 Å². The lowest BCUT2D eigenvalue weighted by molar-refractivity contribution is -0.165. The molecule has 7 heteroatoms. The van der Waals surface area contributed by atoms with E-state index in [1.54, 1.807) is 0 Å². The fraction of sp³-hybridized carbons (Fsp3) is 0.900. The molecule has 102 valence electrons. The van der Waals surface area contributed by atoms with Gasteiger partial charge in [-0.05, 0) is 20.3 Å². The summed E-state index contributed by atoms with van der Waals surface area (Å²) in [5, 5.41) is 0. The van der Waals surface area contributed by atoms with Crippen molar-refractivity contribution in [3.63, 3.8) is 0 Å². The Kier molecular flexibility index (Phi) is 6.48. The quantitative estimate of drug-likeness (QED) is 0.775. The molecule has 0 radical (unpaired) electrons. The second-order valence-corrected chi connectivity index (χ2v) is 4.06. The standard InChI is InChI=1S/C10H19F3N2O2/c1-7(2)15(6-10(11,12)13)9(16)8(14)4-5-17-3/h7-8H,4-6,14H2,1-3H3. The number of alkyl halides is 3. The molecule has 0 aromatic carbocycles. The molecule has 17 heavy (non-hydrogen) atoms. The van der Waals surface area contributed by atoms with E-state index in [4.69, 9.17) is 10.5 Å². The molecule has 0 spiro atoms. The molecule has 0 aliphatic heterocycles. The van der Waals surface area contributed by atoms with Gasteiger partial charge in [0.15, 0.2) is 0 Å². The fourth-order valence-electron chi connectivity index (χ4n) is 1.29. The van der Waals surface area contributed by atoms with Gasteiger partial charge in [0.2, 0.25) is 5.91 Å². The van der Waals surface area contributed by atoms with Gasteiger partial charge in [0.1, 0.15) is 6.54 Å². The van der Waals surface area contributed by atoms with Crippen LogP contribution >= 0.6 is 0 Å². The highest BCUT2D eigenvalue weighted by Crippen LogP contribution is 2.18. The molecule has 0 aromatic rings. The first-order valence-electron chi connectivity index (χ1n) is 5.30. The van der Waals surface area contributed by atoms with E-state index in [2.05, 4.69) is 0 Å². The van der Waals surface area contributed by atoms with E-state index in [1.165, 1.54) is 21.0 Å². The van der Waals surface area contributed by atoms with Crippen LogP contribution in [0.5, 0.6) is 0 Å². The Bertz CT molecular complexity index is 244. The van der Waals surface area contributed by atoms with Crippen molar-refractivity contribution in [2.45, 2.75) is 38.5 Å². The second-order valence-electron chi connectivity index (χ2n) is 4.06. The zero-order valence-electron chi connectivity index (χ0n) is 10.3. The molecule has 0 rings (SSSR count). The summed E-state index contributed by atoms with van der Waals surface area (Å²) in [5.41, 5.74) is 5.52. The van der Waals surface area contributed by atoms with Gasteiger partial charge in [0, 0.05) is 19.8 Å². The first-order chi connectivity index (χ1) is 7.69. The number of hydrogen-bond acceptors (Lipinski definition) is 3. The number of halogens is 3. The number of carbonyl (C=O) groups is 1. The molecule has 0 saturated carbocycles. The van der Waals surface area contributed by atoms with E-state index in [1.807, 2.05) is 0 Å². The fourth-order valence-corrected chi connectivity index (χ4v) is 1.29. The molecule has 0 bridgehead atoms. The molecule has 0 heterocycles. The number of methoxy groups -OCH3 is 1. The van der Waals surface area contributed by atoms with Gasteiger partial charge in [-0.3, -0.25) is 4.79 Å². The van der Waals surface area contributed by atoms with E-state index in [0.29, 0.717) is 0 Å². The van der Waals surface area contributed by atoms with Crippen LogP contribution in [0.4, 0.5) is 13.2 Å². The highest BCUT2D eigenvalue weighted by Gasteiger charge is 2.35. The molecular formula is C10H19F3N2O2. The Hall–Kier alpha value is -0.820. The second kappa shape index (κ2) is 6.80. The van der Waals surface area contributed by atoms with Crippen molar-refractivity contribution in [2.75, 3.05) is 20.3 Å². The summed E-state index contributed by atoms with van der Waals surface area (Å²) in [6.07, 6.45) is -4.21. The maximum Gasteiger partial charge on any atom is 0.406 e. The largest absolute Gasteiger partial charge is 0.406 e. The number of ether oxygens (including phenoxy) is 1. The van der Waals surface area contributed by atoms with E-state index in [0.717, 1.165) is 4.90 Å². The van der Waals surface area contributed by atoms with E-state index in [-0.39, 0.29) is 13.0 Å². The summed E-state index contributed by atoms with van der Waals surface area (Å²) in [6.45, 7) is 2.01. The van der Waals surface area contributed by atoms with Gasteiger partial charge in [-0.25, -0.2) is 0 Å². The third-order valence-corrected chi connectivity index (χ3v) is 2.21. The highest BCUT2D eigenvalue weighted by atomic mass is 19.4. The van der Waals surface area contributed by atoms with Crippen molar-refractivity contribution in [2.24, 2.45) is 5.73 Å². The van der Waals surface area contributed by atoms with Crippen LogP contribution < -0.4 is 5.73 Å². The number of amides is 1. The van der Waals surface area contributed by atoms with Crippen LogP contribution in [0.2, 0.25) is 0 Å². The van der Waals surface area contributed by atoms with Gasteiger partial charge >= 0.3 is 6.18 Å². The summed E-state index contributed by atoms with van der Waals surface area (Å²) < 4.78 is 41.6. The Morgan fingerprint density at radius 3 is 2.29 bits per heavy atom. The summed E-state index contributed by atoms with van der Waals surface area (Å²) in [7, 11) is 1.44. The van der Waals surface area contributed by atoms with Crippen LogP contribution in [-0.4, -0.2) is 49.3 Å². The number of carbonyl (C=O) groups excluding carboxylic acids is 1. The lowest BCUT2D eigenvalue weighted by Crippen LogP contribution is -2.50. The predicted molar refractivity (Wildman–Crippen MR) is 57.4 cm³/mol. The summed E-state index contributed by atoms with van der Waals surface area (Å²) >= 11 is 0. The van der Waals surface area contributed by atoms with Crippen LogP contribution in [0.3, 0.4) is 0 Å². The van der Waals surface area contributed by atoms with Crippen molar-refractivity contribution < 1.29 is 22.7 Å². The van der Waals surface area contributed by atoms with Crippen LogP contribution in [0.1, 0.15) is 20.3 Å². The molecule has 0 saturated heterocycles. The molecular weight excluding hydrogens is 237 g/mol. The topological polar surface area (TPSA) is 55.6 Å². The Labute approximate surface area is 98.9 Å².